The summed E-state index contributed by atoms with van der Waals surface area (Å²) >= 11 is 0. The van der Waals surface area contributed by atoms with E-state index < -0.39 is 17.2 Å². The Labute approximate surface area is 129 Å². The molecule has 1 aliphatic rings. The molecule has 1 atom stereocenters. The highest BCUT2D eigenvalue weighted by Gasteiger charge is 2.35. The molecule has 8 heteroatoms. The van der Waals surface area contributed by atoms with Crippen LogP contribution in [0.15, 0.2) is 40.1 Å². The monoisotopic (exact) mass is 312 g/mol. The third-order valence-electron chi connectivity index (χ3n) is 3.83. The first-order valence-corrected chi connectivity index (χ1v) is 6.89. The van der Waals surface area contributed by atoms with Gasteiger partial charge >= 0.3 is 5.69 Å². The van der Waals surface area contributed by atoms with Crippen LogP contribution in [0.3, 0.4) is 0 Å². The van der Waals surface area contributed by atoms with Gasteiger partial charge in [-0.3, -0.25) is 14.8 Å². The van der Waals surface area contributed by atoms with Gasteiger partial charge in [-0.15, -0.1) is 0 Å². The van der Waals surface area contributed by atoms with E-state index in [2.05, 4.69) is 20.2 Å². The summed E-state index contributed by atoms with van der Waals surface area (Å²) in [5.41, 5.74) is 0.643. The maximum Gasteiger partial charge on any atom is 0.328 e. The zero-order valence-electron chi connectivity index (χ0n) is 12.0. The van der Waals surface area contributed by atoms with Crippen molar-refractivity contribution in [1.82, 2.24) is 20.2 Å². The van der Waals surface area contributed by atoms with Crippen LogP contribution in [0, 0.1) is 0 Å². The maximum atomic E-state index is 12.4. The van der Waals surface area contributed by atoms with Crippen molar-refractivity contribution in [3.8, 4) is 17.5 Å². The molecule has 3 heterocycles. The molecule has 2 aromatic heterocycles. The minimum Gasteiger partial charge on any atom is -0.496 e. The van der Waals surface area contributed by atoms with Gasteiger partial charge in [0.1, 0.15) is 5.75 Å². The molecule has 0 aliphatic carbocycles. The molecule has 23 heavy (non-hydrogen) atoms. The normalized spacial score (nSPS) is 15.4. The number of nitrogens with one attached hydrogen (secondary N) is 3. The topological polar surface area (TPSA) is 113 Å². The van der Waals surface area contributed by atoms with Crippen molar-refractivity contribution in [1.29, 1.82) is 0 Å². The van der Waals surface area contributed by atoms with Gasteiger partial charge in [0.05, 0.1) is 24.8 Å². The average molecular weight is 312 g/mol. The smallest absolute Gasteiger partial charge is 0.328 e. The van der Waals surface area contributed by atoms with Gasteiger partial charge in [-0.25, -0.2) is 9.89 Å². The number of aromatic nitrogens is 4. The average Bonchev–Trinajstić information content (AvgIpc) is 3.00. The number of aromatic amines is 3. The molecule has 1 aliphatic heterocycles. The van der Waals surface area contributed by atoms with Crippen LogP contribution in [-0.4, -0.2) is 27.3 Å². The molecule has 0 amide bonds. The van der Waals surface area contributed by atoms with Crippen LogP contribution in [0.25, 0.3) is 0 Å². The lowest BCUT2D eigenvalue weighted by atomic mass is 9.85. The second-order valence-electron chi connectivity index (χ2n) is 5.08. The minimum atomic E-state index is -0.629. The minimum absolute atomic E-state index is 0.103. The first kappa shape index (κ1) is 13.4. The van der Waals surface area contributed by atoms with E-state index in [-0.39, 0.29) is 5.88 Å². The molecule has 3 N–H and O–H groups in total. The van der Waals surface area contributed by atoms with Crippen molar-refractivity contribution in [2.45, 2.75) is 5.92 Å². The van der Waals surface area contributed by atoms with Gasteiger partial charge in [0.25, 0.3) is 5.56 Å². The number of methoxy groups -OCH3 is 1. The lowest BCUT2D eigenvalue weighted by Gasteiger charge is -2.25. The van der Waals surface area contributed by atoms with E-state index in [9.17, 15) is 9.59 Å². The summed E-state index contributed by atoms with van der Waals surface area (Å²) in [7, 11) is 1.56. The fourth-order valence-electron chi connectivity index (χ4n) is 2.87. The number of para-hydroxylation sites is 1. The van der Waals surface area contributed by atoms with Gasteiger partial charge in [0, 0.05) is 11.1 Å². The Hall–Kier alpha value is -3.29. The van der Waals surface area contributed by atoms with E-state index in [0.717, 1.165) is 5.56 Å². The molecule has 0 saturated carbocycles. The van der Waals surface area contributed by atoms with Crippen LogP contribution in [0.2, 0.25) is 0 Å². The zero-order chi connectivity index (χ0) is 16.0. The van der Waals surface area contributed by atoms with E-state index in [1.165, 1.54) is 0 Å². The van der Waals surface area contributed by atoms with E-state index in [0.29, 0.717) is 22.8 Å². The van der Waals surface area contributed by atoms with Crippen LogP contribution in [0.1, 0.15) is 22.6 Å². The molecule has 3 aromatic rings. The molecule has 1 aromatic carbocycles. The molecular formula is C15H12N4O4. The summed E-state index contributed by atoms with van der Waals surface area (Å²) in [5.74, 6) is 0.647. The SMILES string of the molecule is COc1ccccc1C1c2cn[nH]c2Oc2[nH]c(=O)[nH]c(=O)c21. The molecule has 1 unspecified atom stereocenters. The Morgan fingerprint density at radius 2 is 1.96 bits per heavy atom. The Kier molecular flexibility index (Phi) is 2.83. The molecule has 0 bridgehead atoms. The summed E-state index contributed by atoms with van der Waals surface area (Å²) in [6.45, 7) is 0. The van der Waals surface area contributed by atoms with Crippen molar-refractivity contribution in [3.05, 3.63) is 68.0 Å². The summed E-state index contributed by atoms with van der Waals surface area (Å²) in [6, 6.07) is 7.37. The van der Waals surface area contributed by atoms with E-state index in [1.807, 2.05) is 24.3 Å². The maximum absolute atomic E-state index is 12.4. The van der Waals surface area contributed by atoms with Crippen LogP contribution < -0.4 is 20.7 Å². The van der Waals surface area contributed by atoms with Crippen LogP contribution in [0.5, 0.6) is 17.5 Å². The number of benzene rings is 1. The molecule has 0 saturated heterocycles. The first-order valence-electron chi connectivity index (χ1n) is 6.89. The highest BCUT2D eigenvalue weighted by Crippen LogP contribution is 2.45. The van der Waals surface area contributed by atoms with Crippen molar-refractivity contribution in [2.24, 2.45) is 0 Å². The number of hydrogen-bond acceptors (Lipinski definition) is 5. The predicted octanol–water partition coefficient (Wildman–Crippen LogP) is 1.08. The molecule has 0 radical (unpaired) electrons. The predicted molar refractivity (Wildman–Crippen MR) is 80.3 cm³/mol. The summed E-state index contributed by atoms with van der Waals surface area (Å²) < 4.78 is 11.0. The van der Waals surface area contributed by atoms with Crippen LogP contribution in [-0.2, 0) is 0 Å². The van der Waals surface area contributed by atoms with Gasteiger partial charge in [0.2, 0.25) is 11.8 Å². The van der Waals surface area contributed by atoms with Gasteiger partial charge in [0.15, 0.2) is 0 Å². The van der Waals surface area contributed by atoms with Crippen molar-refractivity contribution >= 4 is 0 Å². The highest BCUT2D eigenvalue weighted by atomic mass is 16.5. The fourth-order valence-corrected chi connectivity index (χ4v) is 2.87. The van der Waals surface area contributed by atoms with Gasteiger partial charge in [-0.2, -0.15) is 5.10 Å². The van der Waals surface area contributed by atoms with E-state index in [4.69, 9.17) is 9.47 Å². The highest BCUT2D eigenvalue weighted by molar-refractivity contribution is 5.55. The third-order valence-corrected chi connectivity index (χ3v) is 3.83. The van der Waals surface area contributed by atoms with E-state index in [1.54, 1.807) is 13.3 Å². The molecule has 116 valence electrons. The van der Waals surface area contributed by atoms with Crippen molar-refractivity contribution < 1.29 is 9.47 Å². The summed E-state index contributed by atoms with van der Waals surface area (Å²) in [6.07, 6.45) is 1.60. The number of H-pyrrole nitrogens is 3. The van der Waals surface area contributed by atoms with Gasteiger partial charge in [-0.1, -0.05) is 18.2 Å². The third kappa shape index (κ3) is 1.95. The molecule has 8 nitrogen and oxygen atoms in total. The quantitative estimate of drug-likeness (QED) is 0.512. The Bertz CT molecular complexity index is 1000. The van der Waals surface area contributed by atoms with Crippen LogP contribution in [0.4, 0.5) is 0 Å². The Morgan fingerprint density at radius 1 is 1.13 bits per heavy atom. The molecular weight excluding hydrogens is 300 g/mol. The number of rotatable bonds is 2. The van der Waals surface area contributed by atoms with E-state index >= 15 is 0 Å². The largest absolute Gasteiger partial charge is 0.496 e. The Morgan fingerprint density at radius 3 is 2.78 bits per heavy atom. The van der Waals surface area contributed by atoms with Gasteiger partial charge < -0.3 is 9.47 Å². The molecule has 0 fully saturated rings. The lowest BCUT2D eigenvalue weighted by molar-refractivity contribution is 0.397. The van der Waals surface area contributed by atoms with Crippen molar-refractivity contribution in [2.75, 3.05) is 7.11 Å². The molecule has 4 rings (SSSR count). The second-order valence-corrected chi connectivity index (χ2v) is 5.08. The Balaban J connectivity index is 2.05. The number of nitrogens with zero attached hydrogens (tertiary/aromatic N) is 1. The molecule has 0 spiro atoms. The number of fused-ring (bicyclic) bond motifs is 2. The first-order chi connectivity index (χ1) is 11.2. The number of ether oxygens (including phenoxy) is 2. The zero-order valence-corrected chi connectivity index (χ0v) is 12.0. The standard InChI is InChI=1S/C15H12N4O4/c1-22-9-5-3-2-4-7(9)10-8-6-16-19-13(8)23-14-11(10)12(20)17-15(21)18-14/h2-6,10H,1H3,(H,16,19)(H2,17,18,20,21). The lowest BCUT2D eigenvalue weighted by Crippen LogP contribution is -2.30. The van der Waals surface area contributed by atoms with Gasteiger partial charge in [-0.05, 0) is 6.07 Å². The fraction of sp³-hybridized carbons (Fsp3) is 0.133. The number of hydrogen-bond donors (Lipinski definition) is 3. The van der Waals surface area contributed by atoms with Crippen LogP contribution >= 0.6 is 0 Å². The summed E-state index contributed by atoms with van der Waals surface area (Å²) in [4.78, 5) is 28.7. The van der Waals surface area contributed by atoms with Crippen molar-refractivity contribution in [3.63, 3.8) is 0 Å². The second kappa shape index (κ2) is 4.87. The summed E-state index contributed by atoms with van der Waals surface area (Å²) in [5, 5.41) is 6.70.